The maximum atomic E-state index is 13.5. The van der Waals surface area contributed by atoms with Gasteiger partial charge in [0.25, 0.3) is 0 Å². The predicted molar refractivity (Wildman–Crippen MR) is 125 cm³/mol. The number of rotatable bonds is 10. The highest BCUT2D eigenvalue weighted by Gasteiger charge is 2.36. The summed E-state index contributed by atoms with van der Waals surface area (Å²) in [6.07, 6.45) is 6.44. The third-order valence-electron chi connectivity index (χ3n) is 5.98. The van der Waals surface area contributed by atoms with Crippen LogP contribution in [0.15, 0.2) is 18.7 Å². The minimum absolute atomic E-state index is 0.0372. The predicted octanol–water partition coefficient (Wildman–Crippen LogP) is 1.96. The number of anilines is 1. The highest BCUT2D eigenvalue weighted by molar-refractivity contribution is 7.93. The van der Waals surface area contributed by atoms with Crippen molar-refractivity contribution in [3.8, 4) is 17.4 Å². The fraction of sp³-hybridized carbons (Fsp3) is 0.524. The molecule has 0 bridgehead atoms. The molecule has 0 radical (unpaired) electrons. The molecule has 1 fully saturated rings. The van der Waals surface area contributed by atoms with Crippen LogP contribution in [0.3, 0.4) is 0 Å². The number of ether oxygens (including phenoxy) is 3. The van der Waals surface area contributed by atoms with E-state index in [1.807, 2.05) is 6.92 Å². The molecule has 0 amide bonds. The topological polar surface area (TPSA) is 156 Å². The third kappa shape index (κ3) is 4.75. The van der Waals surface area contributed by atoms with Crippen molar-refractivity contribution >= 4 is 16.0 Å². The molecule has 13 nitrogen and oxygen atoms in total. The Morgan fingerprint density at radius 3 is 2.17 bits per heavy atom. The molecule has 14 heteroatoms. The van der Waals surface area contributed by atoms with E-state index in [1.165, 1.54) is 34.6 Å². The van der Waals surface area contributed by atoms with Crippen LogP contribution < -0.4 is 14.2 Å². The summed E-state index contributed by atoms with van der Waals surface area (Å²) in [7, 11) is 0.264. The van der Waals surface area contributed by atoms with Crippen molar-refractivity contribution < 1.29 is 22.6 Å². The van der Waals surface area contributed by atoms with E-state index in [-0.39, 0.29) is 29.5 Å². The molecule has 2 atom stereocenters. The summed E-state index contributed by atoms with van der Waals surface area (Å²) in [6.45, 7) is 3.36. The second kappa shape index (κ2) is 10.1. The van der Waals surface area contributed by atoms with Crippen molar-refractivity contribution in [2.45, 2.75) is 50.4 Å². The van der Waals surface area contributed by atoms with Crippen molar-refractivity contribution in [1.82, 2.24) is 34.7 Å². The number of hydrogen-bond acceptors (Lipinski definition) is 11. The lowest BCUT2D eigenvalue weighted by Gasteiger charge is -2.26. The number of hydrogen-bond donors (Lipinski definition) is 1. The molecular formula is C21H28N8O5S. The summed E-state index contributed by atoms with van der Waals surface area (Å²) < 4.78 is 47.4. The van der Waals surface area contributed by atoms with E-state index in [9.17, 15) is 8.42 Å². The third-order valence-corrected chi connectivity index (χ3v) is 7.68. The Morgan fingerprint density at radius 2 is 1.66 bits per heavy atom. The minimum Gasteiger partial charge on any atom is -0.479 e. The van der Waals surface area contributed by atoms with Crippen molar-refractivity contribution in [2.24, 2.45) is 0 Å². The SMILES string of the molecule is COc1ncnc(OC)c1-n1c(NS(=O)(=O)[C@@H](C)[C@H](OC)c2ncc(C)cn2)nnc1C1CCC1. The van der Waals surface area contributed by atoms with Crippen LogP contribution in [-0.4, -0.2) is 69.7 Å². The standard InChI is InChI=1S/C21H28N8O5S/c1-12-9-22-17(23-10-12)16(32-3)13(2)35(30,31)28-21-27-26-18(14-7-6-8-14)29(21)15-19(33-4)24-11-25-20(15)34-5/h9-11,13-14,16H,6-8H2,1-5H3,(H,27,28)/t13-,16-/m0/s1. The Balaban J connectivity index is 1.76. The van der Waals surface area contributed by atoms with Crippen LogP contribution in [0.5, 0.6) is 11.8 Å². The maximum Gasteiger partial charge on any atom is 0.245 e. The second-order valence-corrected chi connectivity index (χ2v) is 10.3. The molecule has 3 aromatic rings. The first kappa shape index (κ1) is 24.7. The van der Waals surface area contributed by atoms with Crippen LogP contribution in [-0.2, 0) is 14.8 Å². The lowest BCUT2D eigenvalue weighted by molar-refractivity contribution is 0.0949. The lowest BCUT2D eigenvalue weighted by atomic mass is 9.85. The van der Waals surface area contributed by atoms with Crippen molar-refractivity contribution in [1.29, 1.82) is 0 Å². The largest absolute Gasteiger partial charge is 0.479 e. The van der Waals surface area contributed by atoms with Gasteiger partial charge in [0.05, 0.1) is 14.2 Å². The zero-order valence-corrected chi connectivity index (χ0v) is 21.0. The van der Waals surface area contributed by atoms with Crippen LogP contribution >= 0.6 is 0 Å². The molecule has 188 valence electrons. The van der Waals surface area contributed by atoms with Crippen LogP contribution in [0.25, 0.3) is 5.69 Å². The summed E-state index contributed by atoms with van der Waals surface area (Å²) >= 11 is 0. The zero-order chi connectivity index (χ0) is 25.2. The molecule has 3 aromatic heterocycles. The Hall–Kier alpha value is -3.39. The molecule has 1 aliphatic carbocycles. The van der Waals surface area contributed by atoms with Gasteiger partial charge in [-0.1, -0.05) is 6.42 Å². The van der Waals surface area contributed by atoms with Gasteiger partial charge in [0.2, 0.25) is 27.7 Å². The normalized spacial score (nSPS) is 15.8. The van der Waals surface area contributed by atoms with E-state index in [4.69, 9.17) is 14.2 Å². The molecule has 0 unspecified atom stereocenters. The van der Waals surface area contributed by atoms with Gasteiger partial charge in [-0.3, -0.25) is 9.29 Å². The summed E-state index contributed by atoms with van der Waals surface area (Å²) in [5.74, 6) is 1.26. The Labute approximate surface area is 203 Å². The molecule has 0 aliphatic heterocycles. The average molecular weight is 505 g/mol. The quantitative estimate of drug-likeness (QED) is 0.430. The number of methoxy groups -OCH3 is 3. The maximum absolute atomic E-state index is 13.5. The van der Waals surface area contributed by atoms with Crippen LogP contribution in [0.4, 0.5) is 5.95 Å². The van der Waals surface area contributed by atoms with E-state index in [1.54, 1.807) is 17.0 Å². The van der Waals surface area contributed by atoms with Crippen molar-refractivity contribution in [3.63, 3.8) is 0 Å². The summed E-state index contributed by atoms with van der Waals surface area (Å²) in [4.78, 5) is 16.8. The van der Waals surface area contributed by atoms with Gasteiger partial charge < -0.3 is 14.2 Å². The van der Waals surface area contributed by atoms with E-state index < -0.39 is 21.4 Å². The van der Waals surface area contributed by atoms with E-state index >= 15 is 0 Å². The van der Waals surface area contributed by atoms with Crippen molar-refractivity contribution in [2.75, 3.05) is 26.1 Å². The summed E-state index contributed by atoms with van der Waals surface area (Å²) in [6, 6.07) is 0. The van der Waals surface area contributed by atoms with Gasteiger partial charge in [-0.25, -0.2) is 18.4 Å². The molecule has 35 heavy (non-hydrogen) atoms. The monoisotopic (exact) mass is 504 g/mol. The summed E-state index contributed by atoms with van der Waals surface area (Å²) in [5, 5.41) is 7.41. The van der Waals surface area contributed by atoms with Gasteiger partial charge in [0.1, 0.15) is 23.5 Å². The minimum atomic E-state index is -4.05. The molecule has 0 aromatic carbocycles. The van der Waals surface area contributed by atoms with Gasteiger partial charge >= 0.3 is 0 Å². The molecule has 1 saturated carbocycles. The van der Waals surface area contributed by atoms with E-state index in [0.717, 1.165) is 24.8 Å². The van der Waals surface area contributed by atoms with E-state index in [0.29, 0.717) is 11.5 Å². The van der Waals surface area contributed by atoms with Crippen LogP contribution in [0.2, 0.25) is 0 Å². The van der Waals surface area contributed by atoms with Gasteiger partial charge in [0.15, 0.2) is 11.5 Å². The molecule has 1 aliphatic rings. The fourth-order valence-electron chi connectivity index (χ4n) is 3.79. The van der Waals surface area contributed by atoms with E-state index in [2.05, 4.69) is 34.9 Å². The molecule has 0 saturated heterocycles. The molecule has 3 heterocycles. The highest BCUT2D eigenvalue weighted by Crippen LogP contribution is 2.40. The first-order valence-corrected chi connectivity index (χ1v) is 12.6. The highest BCUT2D eigenvalue weighted by atomic mass is 32.2. The van der Waals surface area contributed by atoms with Gasteiger partial charge in [-0.15, -0.1) is 10.2 Å². The van der Waals surface area contributed by atoms with Gasteiger partial charge in [-0.2, -0.15) is 9.97 Å². The zero-order valence-electron chi connectivity index (χ0n) is 20.2. The number of nitrogens with one attached hydrogen (secondary N) is 1. The second-order valence-electron chi connectivity index (χ2n) is 8.21. The lowest BCUT2D eigenvalue weighted by Crippen LogP contribution is -2.33. The Bertz CT molecular complexity index is 1260. The van der Waals surface area contributed by atoms with Gasteiger partial charge in [0, 0.05) is 25.4 Å². The van der Waals surface area contributed by atoms with Crippen LogP contribution in [0, 0.1) is 6.92 Å². The molecular weight excluding hydrogens is 476 g/mol. The smallest absolute Gasteiger partial charge is 0.245 e. The Morgan fingerprint density at radius 1 is 1.03 bits per heavy atom. The Kier molecular flexibility index (Phi) is 7.12. The molecule has 0 spiro atoms. The first-order chi connectivity index (χ1) is 16.8. The first-order valence-electron chi connectivity index (χ1n) is 11.0. The fourth-order valence-corrected chi connectivity index (χ4v) is 4.92. The van der Waals surface area contributed by atoms with Crippen LogP contribution in [0.1, 0.15) is 55.4 Å². The molecule has 1 N–H and O–H groups in total. The summed E-state index contributed by atoms with van der Waals surface area (Å²) in [5.41, 5.74) is 1.15. The number of sulfonamides is 1. The van der Waals surface area contributed by atoms with Crippen molar-refractivity contribution in [3.05, 3.63) is 35.9 Å². The number of aryl methyl sites for hydroxylation is 1. The van der Waals surface area contributed by atoms with Gasteiger partial charge in [-0.05, 0) is 32.3 Å². The number of aromatic nitrogens is 7. The number of nitrogens with zero attached hydrogens (tertiary/aromatic N) is 7. The molecule has 4 rings (SSSR count). The average Bonchev–Trinajstić information content (AvgIpc) is 3.20.